The molecule has 0 atom stereocenters. The van der Waals surface area contributed by atoms with Crippen LogP contribution in [0.1, 0.15) is 32.1 Å². The van der Waals surface area contributed by atoms with Crippen LogP contribution >= 0.6 is 11.3 Å². The third kappa shape index (κ3) is 5.06. The van der Waals surface area contributed by atoms with E-state index in [0.717, 1.165) is 24.3 Å². The number of rotatable bonds is 8. The van der Waals surface area contributed by atoms with E-state index in [9.17, 15) is 8.42 Å². The van der Waals surface area contributed by atoms with Gasteiger partial charge in [0, 0.05) is 24.0 Å². The maximum atomic E-state index is 11.9. The van der Waals surface area contributed by atoms with E-state index < -0.39 is 10.0 Å². The number of hydrogen-bond donors (Lipinski definition) is 2. The van der Waals surface area contributed by atoms with E-state index >= 15 is 0 Å². The summed E-state index contributed by atoms with van der Waals surface area (Å²) in [7, 11) is -3.29. The molecule has 0 radical (unpaired) electrons. The van der Waals surface area contributed by atoms with Crippen LogP contribution in [0.15, 0.2) is 16.3 Å². The van der Waals surface area contributed by atoms with Crippen molar-refractivity contribution in [3.05, 3.63) is 17.0 Å². The molecule has 0 amide bonds. The molecule has 0 spiro atoms. The highest BCUT2D eigenvalue weighted by Crippen LogP contribution is 2.21. The van der Waals surface area contributed by atoms with Crippen molar-refractivity contribution in [3.8, 4) is 0 Å². The molecule has 0 aliphatic heterocycles. The number of sulfonamides is 1. The van der Waals surface area contributed by atoms with Gasteiger partial charge in [0.1, 0.15) is 4.21 Å². The van der Waals surface area contributed by atoms with Gasteiger partial charge in [-0.05, 0) is 25.0 Å². The molecule has 0 saturated carbocycles. The molecule has 1 heterocycles. The van der Waals surface area contributed by atoms with Crippen LogP contribution in [0.4, 0.5) is 0 Å². The summed E-state index contributed by atoms with van der Waals surface area (Å²) in [5.41, 5.74) is 0. The zero-order valence-corrected chi connectivity index (χ0v) is 12.8. The van der Waals surface area contributed by atoms with Gasteiger partial charge in [0.25, 0.3) is 0 Å². The van der Waals surface area contributed by atoms with Crippen LogP contribution < -0.4 is 10.0 Å². The summed E-state index contributed by atoms with van der Waals surface area (Å²) in [6.07, 6.45) is 1.67. The van der Waals surface area contributed by atoms with Gasteiger partial charge in [0.15, 0.2) is 0 Å². The molecule has 6 heteroatoms. The fourth-order valence-corrected chi connectivity index (χ4v) is 3.96. The summed E-state index contributed by atoms with van der Waals surface area (Å²) in [4.78, 5) is 1.10. The summed E-state index contributed by atoms with van der Waals surface area (Å²) in [5, 5.41) is 3.32. The highest BCUT2D eigenvalue weighted by Gasteiger charge is 2.15. The lowest BCUT2D eigenvalue weighted by molar-refractivity contribution is 0.583. The van der Waals surface area contributed by atoms with Gasteiger partial charge in [-0.25, -0.2) is 13.1 Å². The maximum Gasteiger partial charge on any atom is 0.250 e. The SMILES string of the molecule is CCCNS(=O)(=O)c1ccc(CCNC(C)C)s1. The average Bonchev–Trinajstić information content (AvgIpc) is 2.75. The van der Waals surface area contributed by atoms with Gasteiger partial charge in [0.05, 0.1) is 0 Å². The van der Waals surface area contributed by atoms with Crippen molar-refractivity contribution in [2.75, 3.05) is 13.1 Å². The fraction of sp³-hybridized carbons (Fsp3) is 0.667. The quantitative estimate of drug-likeness (QED) is 0.769. The summed E-state index contributed by atoms with van der Waals surface area (Å²) < 4.78 is 26.7. The first-order chi connectivity index (χ1) is 8.45. The first-order valence-electron chi connectivity index (χ1n) is 6.27. The summed E-state index contributed by atoms with van der Waals surface area (Å²) in [6.45, 7) is 7.50. The van der Waals surface area contributed by atoms with Gasteiger partial charge in [-0.1, -0.05) is 20.8 Å². The Bertz CT molecular complexity index is 452. The van der Waals surface area contributed by atoms with Crippen molar-refractivity contribution in [2.45, 2.75) is 43.9 Å². The monoisotopic (exact) mass is 290 g/mol. The van der Waals surface area contributed by atoms with E-state index in [4.69, 9.17) is 0 Å². The van der Waals surface area contributed by atoms with Crippen LogP contribution in [0.25, 0.3) is 0 Å². The maximum absolute atomic E-state index is 11.9. The van der Waals surface area contributed by atoms with Gasteiger partial charge in [0.2, 0.25) is 10.0 Å². The Balaban J connectivity index is 2.57. The first kappa shape index (κ1) is 15.6. The normalized spacial score (nSPS) is 12.2. The second-order valence-electron chi connectivity index (χ2n) is 4.48. The zero-order valence-electron chi connectivity index (χ0n) is 11.2. The van der Waals surface area contributed by atoms with Crippen LogP contribution in [-0.4, -0.2) is 27.5 Å². The van der Waals surface area contributed by atoms with E-state index in [0.29, 0.717) is 16.8 Å². The zero-order chi connectivity index (χ0) is 13.6. The largest absolute Gasteiger partial charge is 0.314 e. The molecule has 0 aliphatic rings. The van der Waals surface area contributed by atoms with Crippen molar-refractivity contribution in [3.63, 3.8) is 0 Å². The van der Waals surface area contributed by atoms with Crippen LogP contribution in [0, 0.1) is 0 Å². The fourth-order valence-electron chi connectivity index (χ4n) is 1.43. The second kappa shape index (κ2) is 7.23. The molecule has 0 saturated heterocycles. The molecule has 0 fully saturated rings. The molecule has 1 aromatic heterocycles. The van der Waals surface area contributed by atoms with Gasteiger partial charge in [-0.15, -0.1) is 11.3 Å². The van der Waals surface area contributed by atoms with Crippen molar-refractivity contribution < 1.29 is 8.42 Å². The molecular formula is C12H22N2O2S2. The minimum Gasteiger partial charge on any atom is -0.314 e. The molecule has 0 bridgehead atoms. The average molecular weight is 290 g/mol. The van der Waals surface area contributed by atoms with Crippen molar-refractivity contribution in [1.82, 2.24) is 10.0 Å². The van der Waals surface area contributed by atoms with Crippen LogP contribution in [0.2, 0.25) is 0 Å². The number of nitrogens with one attached hydrogen (secondary N) is 2. The predicted octanol–water partition coefficient (Wildman–Crippen LogP) is 1.98. The van der Waals surface area contributed by atoms with Crippen molar-refractivity contribution in [1.29, 1.82) is 0 Å². The molecule has 18 heavy (non-hydrogen) atoms. The minimum absolute atomic E-state index is 0.412. The lowest BCUT2D eigenvalue weighted by Crippen LogP contribution is -2.24. The minimum atomic E-state index is -3.29. The standard InChI is InChI=1S/C12H22N2O2S2/c1-4-8-14-18(15,16)12-6-5-11(17-12)7-9-13-10(2)3/h5-6,10,13-14H,4,7-9H2,1-3H3. The highest BCUT2D eigenvalue weighted by molar-refractivity contribution is 7.91. The summed E-state index contributed by atoms with van der Waals surface area (Å²) in [5.74, 6) is 0. The second-order valence-corrected chi connectivity index (χ2v) is 7.64. The molecule has 1 rings (SSSR count). The third-order valence-electron chi connectivity index (χ3n) is 2.37. The van der Waals surface area contributed by atoms with Crippen LogP contribution in [0.3, 0.4) is 0 Å². The molecule has 0 unspecified atom stereocenters. The Morgan fingerprint density at radius 1 is 1.28 bits per heavy atom. The van der Waals surface area contributed by atoms with E-state index in [1.807, 2.05) is 13.0 Å². The number of hydrogen-bond acceptors (Lipinski definition) is 4. The van der Waals surface area contributed by atoms with E-state index in [1.54, 1.807) is 6.07 Å². The van der Waals surface area contributed by atoms with Crippen LogP contribution in [-0.2, 0) is 16.4 Å². The molecule has 0 aliphatic carbocycles. The van der Waals surface area contributed by atoms with Crippen molar-refractivity contribution in [2.24, 2.45) is 0 Å². The Labute approximate surface area is 114 Å². The van der Waals surface area contributed by atoms with E-state index in [2.05, 4.69) is 23.9 Å². The third-order valence-corrected chi connectivity index (χ3v) is 5.47. The lowest BCUT2D eigenvalue weighted by Gasteiger charge is -2.06. The molecular weight excluding hydrogens is 268 g/mol. The molecule has 1 aromatic rings. The van der Waals surface area contributed by atoms with Crippen molar-refractivity contribution >= 4 is 21.4 Å². The Kier molecular flexibility index (Phi) is 6.28. The number of thiophene rings is 1. The summed E-state index contributed by atoms with van der Waals surface area (Å²) in [6, 6.07) is 4.04. The topological polar surface area (TPSA) is 58.2 Å². The lowest BCUT2D eigenvalue weighted by atomic mass is 10.3. The molecule has 0 aromatic carbocycles. The van der Waals surface area contributed by atoms with Crippen LogP contribution in [0.5, 0.6) is 0 Å². The van der Waals surface area contributed by atoms with Gasteiger partial charge in [-0.3, -0.25) is 0 Å². The van der Waals surface area contributed by atoms with E-state index in [1.165, 1.54) is 11.3 Å². The summed E-state index contributed by atoms with van der Waals surface area (Å²) >= 11 is 1.35. The molecule has 4 nitrogen and oxygen atoms in total. The Morgan fingerprint density at radius 2 is 2.00 bits per heavy atom. The van der Waals surface area contributed by atoms with Gasteiger partial charge < -0.3 is 5.32 Å². The molecule has 104 valence electrons. The first-order valence-corrected chi connectivity index (χ1v) is 8.57. The molecule has 2 N–H and O–H groups in total. The predicted molar refractivity (Wildman–Crippen MR) is 76.6 cm³/mol. The Morgan fingerprint density at radius 3 is 2.61 bits per heavy atom. The van der Waals surface area contributed by atoms with E-state index in [-0.39, 0.29) is 0 Å². The van der Waals surface area contributed by atoms with Gasteiger partial charge >= 0.3 is 0 Å². The smallest absolute Gasteiger partial charge is 0.250 e. The Hall–Kier alpha value is -0.430. The highest BCUT2D eigenvalue weighted by atomic mass is 32.2. The van der Waals surface area contributed by atoms with Gasteiger partial charge in [-0.2, -0.15) is 0 Å².